The summed E-state index contributed by atoms with van der Waals surface area (Å²) < 4.78 is 0. The van der Waals surface area contributed by atoms with Gasteiger partial charge in [-0.2, -0.15) is 0 Å². The Labute approximate surface area is 144 Å². The number of hydrogen-bond donors (Lipinski definition) is 0. The van der Waals surface area contributed by atoms with E-state index in [1.54, 1.807) is 0 Å². The van der Waals surface area contributed by atoms with Gasteiger partial charge in [-0.3, -0.25) is 9.59 Å². The van der Waals surface area contributed by atoms with E-state index >= 15 is 0 Å². The molecule has 0 atom stereocenters. The Hall–Kier alpha value is -1.84. The zero-order valence-corrected chi connectivity index (χ0v) is 15.1. The maximum absolute atomic E-state index is 13.0. The first-order valence-electron chi connectivity index (χ1n) is 9.13. The Bertz CT molecular complexity index is 626. The van der Waals surface area contributed by atoms with Crippen LogP contribution in [0, 0.1) is 26.7 Å². The van der Waals surface area contributed by atoms with Gasteiger partial charge in [0.15, 0.2) is 0 Å². The van der Waals surface area contributed by atoms with Gasteiger partial charge in [0.1, 0.15) is 0 Å². The van der Waals surface area contributed by atoms with Crippen LogP contribution in [0.25, 0.3) is 0 Å². The van der Waals surface area contributed by atoms with Crippen molar-refractivity contribution >= 4 is 11.8 Å². The van der Waals surface area contributed by atoms with E-state index in [0.29, 0.717) is 19.0 Å². The first-order valence-corrected chi connectivity index (χ1v) is 9.13. The summed E-state index contributed by atoms with van der Waals surface area (Å²) in [7, 11) is 0. The number of carbonyl (C=O) groups excluding carboxylic acids is 2. The number of rotatable bonds is 2. The summed E-state index contributed by atoms with van der Waals surface area (Å²) in [6.45, 7) is 8.92. The van der Waals surface area contributed by atoms with Gasteiger partial charge in [-0.05, 0) is 51.2 Å². The van der Waals surface area contributed by atoms with E-state index in [4.69, 9.17) is 0 Å². The summed E-state index contributed by atoms with van der Waals surface area (Å²) in [6, 6.07) is 4.15. The van der Waals surface area contributed by atoms with Crippen LogP contribution < -0.4 is 0 Å². The lowest BCUT2D eigenvalue weighted by atomic mass is 9.84. The van der Waals surface area contributed by atoms with Crippen molar-refractivity contribution in [3.05, 3.63) is 34.4 Å². The molecule has 1 aromatic carbocycles. The lowest BCUT2D eigenvalue weighted by molar-refractivity contribution is -0.138. The fraction of sp³-hybridized carbons (Fsp3) is 0.600. The summed E-state index contributed by atoms with van der Waals surface area (Å²) >= 11 is 0. The van der Waals surface area contributed by atoms with E-state index in [1.807, 2.05) is 23.6 Å². The van der Waals surface area contributed by atoms with E-state index in [9.17, 15) is 9.59 Å². The average Bonchev–Trinajstić information content (AvgIpc) is 2.69. The molecule has 0 spiro atoms. The van der Waals surface area contributed by atoms with Crippen molar-refractivity contribution in [1.29, 1.82) is 0 Å². The molecule has 2 fully saturated rings. The first-order chi connectivity index (χ1) is 11.5. The van der Waals surface area contributed by atoms with Crippen LogP contribution in [-0.2, 0) is 4.79 Å². The van der Waals surface area contributed by atoms with Crippen LogP contribution in [0.4, 0.5) is 0 Å². The van der Waals surface area contributed by atoms with Crippen LogP contribution >= 0.6 is 0 Å². The van der Waals surface area contributed by atoms with Gasteiger partial charge in [-0.25, -0.2) is 0 Å². The molecule has 1 aliphatic heterocycles. The molecule has 1 heterocycles. The topological polar surface area (TPSA) is 40.6 Å². The van der Waals surface area contributed by atoms with Gasteiger partial charge in [0.25, 0.3) is 5.91 Å². The zero-order valence-electron chi connectivity index (χ0n) is 15.1. The smallest absolute Gasteiger partial charge is 0.254 e. The Morgan fingerprint density at radius 1 is 0.875 bits per heavy atom. The molecule has 0 aromatic heterocycles. The molecular weight excluding hydrogens is 300 g/mol. The summed E-state index contributed by atoms with van der Waals surface area (Å²) in [4.78, 5) is 29.4. The highest BCUT2D eigenvalue weighted by atomic mass is 16.2. The highest BCUT2D eigenvalue weighted by Gasteiger charge is 2.31. The highest BCUT2D eigenvalue weighted by Crippen LogP contribution is 2.28. The van der Waals surface area contributed by atoms with Gasteiger partial charge < -0.3 is 9.80 Å². The fourth-order valence-corrected chi connectivity index (χ4v) is 3.93. The third kappa shape index (κ3) is 3.33. The number of benzene rings is 1. The van der Waals surface area contributed by atoms with Gasteiger partial charge in [0.05, 0.1) is 0 Å². The Kier molecular flexibility index (Phi) is 4.93. The van der Waals surface area contributed by atoms with Gasteiger partial charge in [-0.1, -0.05) is 24.1 Å². The van der Waals surface area contributed by atoms with Crippen molar-refractivity contribution in [3.8, 4) is 0 Å². The molecule has 2 amide bonds. The summed E-state index contributed by atoms with van der Waals surface area (Å²) in [5, 5.41) is 0. The Balaban J connectivity index is 1.69. The van der Waals surface area contributed by atoms with Gasteiger partial charge in [0.2, 0.25) is 5.91 Å². The van der Waals surface area contributed by atoms with Crippen LogP contribution in [0.15, 0.2) is 12.1 Å². The van der Waals surface area contributed by atoms with Gasteiger partial charge in [0, 0.05) is 37.7 Å². The van der Waals surface area contributed by atoms with Crippen LogP contribution in [0.2, 0.25) is 0 Å². The molecule has 1 saturated heterocycles. The molecule has 0 radical (unpaired) electrons. The monoisotopic (exact) mass is 328 g/mol. The SMILES string of the molecule is Cc1cc(C)c(C(=O)N2CCCN(C(=O)C3CCC3)CC2)c(C)c1. The van der Waals surface area contributed by atoms with Crippen LogP contribution in [0.3, 0.4) is 0 Å². The maximum atomic E-state index is 13.0. The zero-order chi connectivity index (χ0) is 17.3. The molecule has 130 valence electrons. The standard InChI is InChI=1S/C20H28N2O2/c1-14-12-15(2)18(16(3)13-14)20(24)22-9-5-8-21(10-11-22)19(23)17-6-4-7-17/h12-13,17H,4-11H2,1-3H3. The van der Waals surface area contributed by atoms with Crippen molar-refractivity contribution in [3.63, 3.8) is 0 Å². The molecule has 0 unspecified atom stereocenters. The minimum Gasteiger partial charge on any atom is -0.341 e. The second-order valence-electron chi connectivity index (χ2n) is 7.37. The molecule has 0 N–H and O–H groups in total. The second-order valence-corrected chi connectivity index (χ2v) is 7.37. The van der Waals surface area contributed by atoms with E-state index in [0.717, 1.165) is 49.0 Å². The number of nitrogens with zero attached hydrogens (tertiary/aromatic N) is 2. The number of hydrogen-bond acceptors (Lipinski definition) is 2. The molecule has 1 saturated carbocycles. The van der Waals surface area contributed by atoms with Crippen molar-refractivity contribution in [1.82, 2.24) is 9.80 Å². The Morgan fingerprint density at radius 2 is 1.46 bits per heavy atom. The molecule has 1 aromatic rings. The molecular formula is C20H28N2O2. The minimum atomic E-state index is 0.114. The average molecular weight is 328 g/mol. The highest BCUT2D eigenvalue weighted by molar-refractivity contribution is 5.97. The summed E-state index contributed by atoms with van der Waals surface area (Å²) in [5.74, 6) is 0.662. The van der Waals surface area contributed by atoms with E-state index < -0.39 is 0 Å². The maximum Gasteiger partial charge on any atom is 0.254 e. The van der Waals surface area contributed by atoms with E-state index in [1.165, 1.54) is 12.0 Å². The molecule has 4 heteroatoms. The lowest BCUT2D eigenvalue weighted by Crippen LogP contribution is -2.41. The summed E-state index contributed by atoms with van der Waals surface area (Å²) in [6.07, 6.45) is 4.13. The number of carbonyl (C=O) groups is 2. The lowest BCUT2D eigenvalue weighted by Gasteiger charge is -2.31. The number of aryl methyl sites for hydroxylation is 3. The van der Waals surface area contributed by atoms with Crippen molar-refractivity contribution in [2.75, 3.05) is 26.2 Å². The van der Waals surface area contributed by atoms with Crippen LogP contribution in [-0.4, -0.2) is 47.8 Å². The minimum absolute atomic E-state index is 0.114. The van der Waals surface area contributed by atoms with Gasteiger partial charge in [-0.15, -0.1) is 0 Å². The fourth-order valence-electron chi connectivity index (χ4n) is 3.93. The predicted octanol–water partition coefficient (Wildman–Crippen LogP) is 3.09. The molecule has 24 heavy (non-hydrogen) atoms. The molecule has 2 aliphatic rings. The quantitative estimate of drug-likeness (QED) is 0.837. The normalized spacial score (nSPS) is 19.0. The summed E-state index contributed by atoms with van der Waals surface area (Å²) in [5.41, 5.74) is 4.11. The molecule has 0 bridgehead atoms. The van der Waals surface area contributed by atoms with Crippen molar-refractivity contribution in [2.24, 2.45) is 5.92 Å². The largest absolute Gasteiger partial charge is 0.341 e. The predicted molar refractivity (Wildman–Crippen MR) is 95.1 cm³/mol. The first kappa shape index (κ1) is 17.0. The van der Waals surface area contributed by atoms with E-state index in [2.05, 4.69) is 19.1 Å². The second kappa shape index (κ2) is 6.96. The Morgan fingerprint density at radius 3 is 2.04 bits per heavy atom. The third-order valence-corrected chi connectivity index (χ3v) is 5.44. The molecule has 3 rings (SSSR count). The van der Waals surface area contributed by atoms with Crippen LogP contribution in [0.5, 0.6) is 0 Å². The van der Waals surface area contributed by atoms with Crippen molar-refractivity contribution in [2.45, 2.75) is 46.5 Å². The number of amides is 2. The van der Waals surface area contributed by atoms with Crippen molar-refractivity contribution < 1.29 is 9.59 Å². The van der Waals surface area contributed by atoms with Gasteiger partial charge >= 0.3 is 0 Å². The van der Waals surface area contributed by atoms with Crippen LogP contribution in [0.1, 0.15) is 52.7 Å². The molecule has 4 nitrogen and oxygen atoms in total. The third-order valence-electron chi connectivity index (χ3n) is 5.44. The van der Waals surface area contributed by atoms with E-state index in [-0.39, 0.29) is 11.8 Å². The molecule has 1 aliphatic carbocycles.